The zero-order chi connectivity index (χ0) is 18.1. The van der Waals surface area contributed by atoms with Crippen molar-refractivity contribution in [3.63, 3.8) is 0 Å². The molecule has 0 radical (unpaired) electrons. The first-order chi connectivity index (χ1) is 11.0. The van der Waals surface area contributed by atoms with Gasteiger partial charge in [0.2, 0.25) is 0 Å². The maximum absolute atomic E-state index is 12.6. The van der Waals surface area contributed by atoms with Crippen LogP contribution in [0.2, 0.25) is 0 Å². The van der Waals surface area contributed by atoms with Gasteiger partial charge in [0.05, 0.1) is 10.6 Å². The highest BCUT2D eigenvalue weighted by Gasteiger charge is 2.49. The van der Waals surface area contributed by atoms with Crippen LogP contribution in [0.4, 0.5) is 18.9 Å². The highest BCUT2D eigenvalue weighted by Crippen LogP contribution is 2.33. The first-order valence-electron chi connectivity index (χ1n) is 7.10. The molecule has 1 unspecified atom stereocenters. The Balaban J connectivity index is 2.17. The number of nitro benzene ring substituents is 1. The second-order valence-corrected chi connectivity index (χ2v) is 5.81. The van der Waals surface area contributed by atoms with Crippen molar-refractivity contribution in [2.24, 2.45) is 0 Å². The lowest BCUT2D eigenvalue weighted by Crippen LogP contribution is -2.42. The summed E-state index contributed by atoms with van der Waals surface area (Å²) in [5.41, 5.74) is -1.08. The third kappa shape index (κ3) is 3.73. The summed E-state index contributed by atoms with van der Waals surface area (Å²) in [4.78, 5) is 10.5. The third-order valence-electron chi connectivity index (χ3n) is 3.82. The Hall–Kier alpha value is -2.42. The number of aryl methyl sites for hydroxylation is 2. The Labute approximate surface area is 135 Å². The summed E-state index contributed by atoms with van der Waals surface area (Å²) in [5.74, 6) is 0. The van der Waals surface area contributed by atoms with Crippen molar-refractivity contribution >= 4 is 5.69 Å². The Morgan fingerprint density at radius 1 is 1.33 bits per heavy atom. The predicted octanol–water partition coefficient (Wildman–Crippen LogP) is 3.54. The summed E-state index contributed by atoms with van der Waals surface area (Å²) >= 11 is 0. The zero-order valence-corrected chi connectivity index (χ0v) is 13.0. The molecule has 130 valence electrons. The van der Waals surface area contributed by atoms with Gasteiger partial charge in [0.15, 0.2) is 5.60 Å². The predicted molar refractivity (Wildman–Crippen MR) is 80.4 cm³/mol. The lowest BCUT2D eigenvalue weighted by Gasteiger charge is -2.25. The summed E-state index contributed by atoms with van der Waals surface area (Å²) in [6.07, 6.45) is -5.30. The van der Waals surface area contributed by atoms with E-state index < -0.39 is 23.1 Å². The van der Waals surface area contributed by atoms with Gasteiger partial charge in [-0.2, -0.15) is 18.3 Å². The van der Waals surface area contributed by atoms with Gasteiger partial charge in [-0.05, 0) is 32.8 Å². The number of nitrogens with one attached hydrogen (secondary N) is 1. The normalized spacial score (nSPS) is 14.4. The molecule has 0 saturated carbocycles. The van der Waals surface area contributed by atoms with Gasteiger partial charge >= 0.3 is 6.18 Å². The number of H-pyrrole nitrogens is 1. The number of alkyl halides is 3. The number of halogens is 3. The summed E-state index contributed by atoms with van der Waals surface area (Å²) in [6.45, 7) is 2.32. The summed E-state index contributed by atoms with van der Waals surface area (Å²) in [7, 11) is 0. The molecular weight excluding hydrogens is 327 g/mol. The Morgan fingerprint density at radius 3 is 2.58 bits per heavy atom. The smallest absolute Gasteiger partial charge is 0.381 e. The van der Waals surface area contributed by atoms with Crippen molar-refractivity contribution in [3.05, 3.63) is 45.6 Å². The number of aromatic nitrogens is 2. The van der Waals surface area contributed by atoms with E-state index in [0.29, 0.717) is 29.4 Å². The number of aromatic amines is 1. The molecule has 0 aliphatic rings. The van der Waals surface area contributed by atoms with E-state index >= 15 is 0 Å². The fourth-order valence-electron chi connectivity index (χ4n) is 2.12. The van der Waals surface area contributed by atoms with Crippen LogP contribution in [-0.2, 0) is 6.42 Å². The average Bonchev–Trinajstić information content (AvgIpc) is 2.93. The first-order valence-corrected chi connectivity index (χ1v) is 7.10. The van der Waals surface area contributed by atoms with E-state index in [4.69, 9.17) is 0 Å². The summed E-state index contributed by atoms with van der Waals surface area (Å²) in [5, 5.41) is 27.0. The Kier molecular flexibility index (Phi) is 4.66. The maximum Gasteiger partial charge on any atom is 0.416 e. The standard InChI is InChI=1S/C15H16F3N3O3/c1-9-3-4-10(7-13(9)21(23)24)12-8-11(19-20-12)5-6-14(2,22)15(16,17)18/h3-4,7-8,22H,5-6H2,1-2H3,(H,19,20). The molecular formula is C15H16F3N3O3. The van der Waals surface area contributed by atoms with E-state index in [1.807, 2.05) is 0 Å². The van der Waals surface area contributed by atoms with Crippen LogP contribution < -0.4 is 0 Å². The molecule has 0 spiro atoms. The lowest BCUT2D eigenvalue weighted by molar-refractivity contribution is -0.385. The SMILES string of the molecule is Cc1ccc(-c2cc(CCC(C)(O)C(F)(F)F)[nH]n2)cc1[N+](=O)[O-]. The number of aliphatic hydroxyl groups is 1. The Morgan fingerprint density at radius 2 is 2.00 bits per heavy atom. The van der Waals surface area contributed by atoms with Crippen molar-refractivity contribution in [2.45, 2.75) is 38.5 Å². The van der Waals surface area contributed by atoms with Gasteiger partial charge in [-0.15, -0.1) is 0 Å². The fraction of sp³-hybridized carbons (Fsp3) is 0.400. The minimum absolute atomic E-state index is 0.0583. The van der Waals surface area contributed by atoms with Crippen LogP contribution in [-0.4, -0.2) is 32.0 Å². The molecule has 0 fully saturated rings. The van der Waals surface area contributed by atoms with Crippen molar-refractivity contribution in [3.8, 4) is 11.3 Å². The molecule has 1 aromatic carbocycles. The molecule has 1 aromatic heterocycles. The second kappa shape index (κ2) is 6.23. The number of hydrogen-bond acceptors (Lipinski definition) is 4. The van der Waals surface area contributed by atoms with Gasteiger partial charge in [0.25, 0.3) is 5.69 Å². The molecule has 2 N–H and O–H groups in total. The number of rotatable bonds is 5. The molecule has 2 rings (SSSR count). The number of nitro groups is 1. The van der Waals surface area contributed by atoms with E-state index in [2.05, 4.69) is 10.2 Å². The van der Waals surface area contributed by atoms with Crippen molar-refractivity contribution in [1.29, 1.82) is 0 Å². The van der Waals surface area contributed by atoms with E-state index in [1.54, 1.807) is 19.1 Å². The maximum atomic E-state index is 12.6. The van der Waals surface area contributed by atoms with Gasteiger partial charge < -0.3 is 5.11 Å². The Bertz CT molecular complexity index is 754. The van der Waals surface area contributed by atoms with Gasteiger partial charge in [0.1, 0.15) is 0 Å². The lowest BCUT2D eigenvalue weighted by atomic mass is 9.98. The molecule has 0 aliphatic heterocycles. The van der Waals surface area contributed by atoms with Gasteiger partial charge in [0, 0.05) is 22.9 Å². The number of nitrogens with zero attached hydrogens (tertiary/aromatic N) is 2. The van der Waals surface area contributed by atoms with Crippen LogP contribution in [0, 0.1) is 17.0 Å². The van der Waals surface area contributed by atoms with Crippen LogP contribution in [0.15, 0.2) is 24.3 Å². The number of hydrogen-bond donors (Lipinski definition) is 2. The molecule has 9 heteroatoms. The van der Waals surface area contributed by atoms with Crippen LogP contribution >= 0.6 is 0 Å². The molecule has 0 saturated heterocycles. The third-order valence-corrected chi connectivity index (χ3v) is 3.82. The van der Waals surface area contributed by atoms with Gasteiger partial charge in [-0.25, -0.2) is 0 Å². The fourth-order valence-corrected chi connectivity index (χ4v) is 2.12. The van der Waals surface area contributed by atoms with Crippen molar-refractivity contribution in [2.75, 3.05) is 0 Å². The summed E-state index contributed by atoms with van der Waals surface area (Å²) in [6, 6.07) is 6.10. The van der Waals surface area contributed by atoms with E-state index in [9.17, 15) is 28.4 Å². The molecule has 0 aliphatic carbocycles. The van der Waals surface area contributed by atoms with E-state index in [-0.39, 0.29) is 12.1 Å². The molecule has 0 bridgehead atoms. The zero-order valence-electron chi connectivity index (χ0n) is 13.0. The highest BCUT2D eigenvalue weighted by molar-refractivity contribution is 5.64. The quantitative estimate of drug-likeness (QED) is 0.641. The average molecular weight is 343 g/mol. The molecule has 24 heavy (non-hydrogen) atoms. The monoisotopic (exact) mass is 343 g/mol. The van der Waals surface area contributed by atoms with E-state index in [1.165, 1.54) is 12.1 Å². The van der Waals surface area contributed by atoms with Crippen molar-refractivity contribution < 1.29 is 23.2 Å². The minimum atomic E-state index is -4.71. The topological polar surface area (TPSA) is 92.0 Å². The van der Waals surface area contributed by atoms with Gasteiger partial charge in [-0.3, -0.25) is 15.2 Å². The molecule has 6 nitrogen and oxygen atoms in total. The number of benzene rings is 1. The van der Waals surface area contributed by atoms with Crippen LogP contribution in [0.5, 0.6) is 0 Å². The van der Waals surface area contributed by atoms with Crippen LogP contribution in [0.3, 0.4) is 0 Å². The molecule has 1 atom stereocenters. The van der Waals surface area contributed by atoms with Crippen molar-refractivity contribution in [1.82, 2.24) is 10.2 Å². The second-order valence-electron chi connectivity index (χ2n) is 5.81. The van der Waals surface area contributed by atoms with Crippen LogP contribution in [0.25, 0.3) is 11.3 Å². The first kappa shape index (κ1) is 17.9. The van der Waals surface area contributed by atoms with E-state index in [0.717, 1.165) is 0 Å². The van der Waals surface area contributed by atoms with Crippen LogP contribution in [0.1, 0.15) is 24.6 Å². The summed E-state index contributed by atoms with van der Waals surface area (Å²) < 4.78 is 37.9. The van der Waals surface area contributed by atoms with Gasteiger partial charge in [-0.1, -0.05) is 12.1 Å². The minimum Gasteiger partial charge on any atom is -0.381 e. The molecule has 1 heterocycles. The molecule has 2 aromatic rings. The largest absolute Gasteiger partial charge is 0.416 e. The highest BCUT2D eigenvalue weighted by atomic mass is 19.4. The molecule has 0 amide bonds.